The molecule has 5 nitrogen and oxygen atoms in total. The highest BCUT2D eigenvalue weighted by atomic mass is 15.1. The summed E-state index contributed by atoms with van der Waals surface area (Å²) < 4.78 is 0. The molecule has 140 valence electrons. The number of hydrogen-bond donors (Lipinski definition) is 2. The van der Waals surface area contributed by atoms with E-state index in [1.54, 1.807) is 0 Å². The van der Waals surface area contributed by atoms with Gasteiger partial charge in [-0.25, -0.2) is 9.98 Å². The van der Waals surface area contributed by atoms with Crippen LogP contribution in [-0.4, -0.2) is 25.0 Å². The lowest BCUT2D eigenvalue weighted by Crippen LogP contribution is -2.22. The summed E-state index contributed by atoms with van der Waals surface area (Å²) in [4.78, 5) is 11.2. The topological polar surface area (TPSA) is 66.5 Å². The van der Waals surface area contributed by atoms with E-state index in [0.717, 1.165) is 28.0 Å². The van der Waals surface area contributed by atoms with Gasteiger partial charge in [0.25, 0.3) is 0 Å². The molecular formula is C22H27N5. The highest BCUT2D eigenvalue weighted by molar-refractivity contribution is 5.92. The number of hydrogen-bond acceptors (Lipinski definition) is 3. The van der Waals surface area contributed by atoms with E-state index in [1.807, 2.05) is 49.3 Å². The van der Waals surface area contributed by atoms with E-state index in [2.05, 4.69) is 53.4 Å². The molecular weight excluding hydrogens is 334 g/mol. The van der Waals surface area contributed by atoms with Gasteiger partial charge in [0.2, 0.25) is 0 Å². The third-order valence-corrected chi connectivity index (χ3v) is 4.49. The molecule has 3 rings (SSSR count). The van der Waals surface area contributed by atoms with Gasteiger partial charge in [0.15, 0.2) is 5.96 Å². The van der Waals surface area contributed by atoms with Crippen LogP contribution in [0.2, 0.25) is 0 Å². The van der Waals surface area contributed by atoms with Gasteiger partial charge in [-0.2, -0.15) is 0 Å². The van der Waals surface area contributed by atoms with Crippen molar-refractivity contribution in [1.82, 2.24) is 4.98 Å². The Labute approximate surface area is 160 Å². The maximum atomic E-state index is 6.13. The van der Waals surface area contributed by atoms with E-state index in [9.17, 15) is 0 Å². The number of nitrogens with two attached hydrogens (primary N) is 1. The minimum atomic E-state index is 0.406. The van der Waals surface area contributed by atoms with Gasteiger partial charge in [0.1, 0.15) is 5.82 Å². The minimum Gasteiger partial charge on any atom is -0.370 e. The van der Waals surface area contributed by atoms with Gasteiger partial charge in [0, 0.05) is 25.2 Å². The Morgan fingerprint density at radius 2 is 1.89 bits per heavy atom. The minimum absolute atomic E-state index is 0.406. The third-order valence-electron chi connectivity index (χ3n) is 4.49. The van der Waals surface area contributed by atoms with Crippen molar-refractivity contribution in [1.29, 1.82) is 0 Å². The zero-order valence-electron chi connectivity index (χ0n) is 16.4. The normalized spacial score (nSPS) is 11.8. The van der Waals surface area contributed by atoms with Crippen molar-refractivity contribution in [2.45, 2.75) is 26.3 Å². The Kier molecular flexibility index (Phi) is 5.60. The lowest BCUT2D eigenvalue weighted by molar-refractivity contribution is 0.867. The van der Waals surface area contributed by atoms with Crippen molar-refractivity contribution in [3.8, 4) is 0 Å². The predicted octanol–water partition coefficient (Wildman–Crippen LogP) is 4.35. The molecule has 2 aromatic carbocycles. The van der Waals surface area contributed by atoms with E-state index in [0.29, 0.717) is 18.4 Å². The van der Waals surface area contributed by atoms with Crippen LogP contribution in [0, 0.1) is 0 Å². The second kappa shape index (κ2) is 8.08. The molecule has 1 heterocycles. The van der Waals surface area contributed by atoms with Crippen molar-refractivity contribution in [2.24, 2.45) is 10.7 Å². The van der Waals surface area contributed by atoms with Crippen LogP contribution in [-0.2, 0) is 6.54 Å². The first-order valence-corrected chi connectivity index (χ1v) is 9.17. The molecule has 0 fully saturated rings. The first-order valence-electron chi connectivity index (χ1n) is 9.17. The SMILES string of the molecule is CC(C)c1cccc(NC(N)=NCc2cc(N(C)C)nc3ccccc23)c1. The fourth-order valence-electron chi connectivity index (χ4n) is 2.93. The largest absolute Gasteiger partial charge is 0.370 e. The van der Waals surface area contributed by atoms with E-state index in [1.165, 1.54) is 5.56 Å². The number of anilines is 2. The molecule has 0 bridgehead atoms. The van der Waals surface area contributed by atoms with Gasteiger partial charge in [-0.15, -0.1) is 0 Å². The van der Waals surface area contributed by atoms with Crippen LogP contribution in [0.25, 0.3) is 10.9 Å². The molecule has 5 heteroatoms. The third kappa shape index (κ3) is 4.56. The van der Waals surface area contributed by atoms with Crippen molar-refractivity contribution in [3.63, 3.8) is 0 Å². The van der Waals surface area contributed by atoms with Gasteiger partial charge < -0.3 is 16.0 Å². The van der Waals surface area contributed by atoms with Crippen molar-refractivity contribution >= 4 is 28.4 Å². The number of pyridine rings is 1. The monoisotopic (exact) mass is 361 g/mol. The maximum absolute atomic E-state index is 6.13. The number of nitrogens with one attached hydrogen (secondary N) is 1. The molecule has 3 aromatic rings. The van der Waals surface area contributed by atoms with Gasteiger partial charge >= 0.3 is 0 Å². The molecule has 0 unspecified atom stereocenters. The zero-order valence-corrected chi connectivity index (χ0v) is 16.4. The number of rotatable bonds is 5. The fourth-order valence-corrected chi connectivity index (χ4v) is 2.93. The molecule has 0 aliphatic rings. The summed E-state index contributed by atoms with van der Waals surface area (Å²) in [6.07, 6.45) is 0. The van der Waals surface area contributed by atoms with Crippen LogP contribution >= 0.6 is 0 Å². The second-order valence-corrected chi connectivity index (χ2v) is 7.16. The quantitative estimate of drug-likeness (QED) is 0.524. The molecule has 0 spiro atoms. The van der Waals surface area contributed by atoms with E-state index in [-0.39, 0.29) is 0 Å². The molecule has 0 saturated heterocycles. The molecule has 0 saturated carbocycles. The number of guanidine groups is 1. The lowest BCUT2D eigenvalue weighted by Gasteiger charge is -2.14. The van der Waals surface area contributed by atoms with Crippen LogP contribution < -0.4 is 16.0 Å². The second-order valence-electron chi connectivity index (χ2n) is 7.16. The average molecular weight is 361 g/mol. The van der Waals surface area contributed by atoms with E-state index in [4.69, 9.17) is 5.73 Å². The molecule has 1 aromatic heterocycles. The summed E-state index contributed by atoms with van der Waals surface area (Å²) in [6.45, 7) is 4.84. The van der Waals surface area contributed by atoms with Crippen molar-refractivity contribution in [3.05, 3.63) is 65.7 Å². The summed E-state index contributed by atoms with van der Waals surface area (Å²) >= 11 is 0. The molecule has 0 atom stereocenters. The number of fused-ring (bicyclic) bond motifs is 1. The Bertz CT molecular complexity index is 960. The summed E-state index contributed by atoms with van der Waals surface area (Å²) in [6, 6.07) is 18.4. The van der Waals surface area contributed by atoms with Gasteiger partial charge in [-0.05, 0) is 41.3 Å². The van der Waals surface area contributed by atoms with Gasteiger partial charge in [-0.3, -0.25) is 0 Å². The Hall–Kier alpha value is -3.08. The van der Waals surface area contributed by atoms with Gasteiger partial charge in [-0.1, -0.05) is 44.2 Å². The maximum Gasteiger partial charge on any atom is 0.193 e. The smallest absolute Gasteiger partial charge is 0.193 e. The number of benzene rings is 2. The molecule has 3 N–H and O–H groups in total. The van der Waals surface area contributed by atoms with Gasteiger partial charge in [0.05, 0.1) is 12.1 Å². The molecule has 0 amide bonds. The Morgan fingerprint density at radius 3 is 2.63 bits per heavy atom. The Balaban J connectivity index is 1.83. The first kappa shape index (κ1) is 18.7. The molecule has 0 aliphatic carbocycles. The predicted molar refractivity (Wildman–Crippen MR) is 116 cm³/mol. The molecule has 0 radical (unpaired) electrons. The van der Waals surface area contributed by atoms with Crippen molar-refractivity contribution in [2.75, 3.05) is 24.3 Å². The van der Waals surface area contributed by atoms with Crippen molar-refractivity contribution < 1.29 is 0 Å². The Morgan fingerprint density at radius 1 is 1.11 bits per heavy atom. The van der Waals surface area contributed by atoms with E-state index < -0.39 is 0 Å². The number of nitrogens with zero attached hydrogens (tertiary/aromatic N) is 3. The highest BCUT2D eigenvalue weighted by Gasteiger charge is 2.07. The van der Waals surface area contributed by atoms with Crippen LogP contribution in [0.4, 0.5) is 11.5 Å². The summed E-state index contributed by atoms with van der Waals surface area (Å²) in [5, 5.41) is 4.29. The van der Waals surface area contributed by atoms with Crippen LogP contribution in [0.15, 0.2) is 59.6 Å². The molecule has 0 aliphatic heterocycles. The number of aliphatic imine (C=N–C) groups is 1. The summed E-state index contributed by atoms with van der Waals surface area (Å²) in [5.41, 5.74) is 10.4. The zero-order chi connectivity index (χ0) is 19.4. The number of aromatic nitrogens is 1. The fraction of sp³-hybridized carbons (Fsp3) is 0.273. The average Bonchev–Trinajstić information content (AvgIpc) is 2.66. The molecule has 27 heavy (non-hydrogen) atoms. The van der Waals surface area contributed by atoms with Crippen LogP contribution in [0.5, 0.6) is 0 Å². The summed E-state index contributed by atoms with van der Waals surface area (Å²) in [7, 11) is 3.98. The van der Waals surface area contributed by atoms with Crippen LogP contribution in [0.1, 0.15) is 30.9 Å². The van der Waals surface area contributed by atoms with Crippen LogP contribution in [0.3, 0.4) is 0 Å². The lowest BCUT2D eigenvalue weighted by atomic mass is 10.0. The first-order chi connectivity index (χ1) is 12.9. The summed E-state index contributed by atoms with van der Waals surface area (Å²) in [5.74, 6) is 1.79. The number of para-hydroxylation sites is 1. The highest BCUT2D eigenvalue weighted by Crippen LogP contribution is 2.23. The standard InChI is InChI=1S/C22H27N5/c1-15(2)16-8-7-9-18(12-16)25-22(23)24-14-17-13-21(27(3)4)26-20-11-6-5-10-19(17)20/h5-13,15H,14H2,1-4H3,(H3,23,24,25). The van der Waals surface area contributed by atoms with E-state index >= 15 is 0 Å².